The van der Waals surface area contributed by atoms with E-state index in [-0.39, 0.29) is 0 Å². The smallest absolute Gasteiger partial charge is 0.247 e. The van der Waals surface area contributed by atoms with Gasteiger partial charge in [-0.25, -0.2) is 13.4 Å². The first kappa shape index (κ1) is 33.8. The van der Waals surface area contributed by atoms with Gasteiger partial charge in [-0.3, -0.25) is 0 Å². The SMILES string of the molecule is FC(F)(F)CN1P(CC(F)(F)F)N=P(CC(F)(F)F)(CC(F)(F)F)N(CC(F)(F)F)P1CC(F)(F)F. The minimum atomic E-state index is -6.09. The number of alkyl halides is 18. The molecule has 0 aromatic heterocycles. The largest absolute Gasteiger partial charge is 0.402 e. The number of halogens is 18. The van der Waals surface area contributed by atoms with Gasteiger partial charge in [-0.2, -0.15) is 79.0 Å². The lowest BCUT2D eigenvalue weighted by molar-refractivity contribution is -0.137. The Hall–Kier alpha value is -0.250. The fourth-order valence-electron chi connectivity index (χ4n) is 2.87. The molecule has 0 saturated heterocycles. The van der Waals surface area contributed by atoms with Crippen molar-refractivity contribution >= 4 is 23.7 Å². The predicted molar refractivity (Wildman–Crippen MR) is 92.4 cm³/mol. The lowest BCUT2D eigenvalue weighted by Crippen LogP contribution is -2.43. The average Bonchev–Trinajstić information content (AvgIpc) is 2.46. The van der Waals surface area contributed by atoms with E-state index in [1.807, 2.05) is 0 Å². The van der Waals surface area contributed by atoms with Crippen molar-refractivity contribution < 1.29 is 79.0 Å². The van der Waals surface area contributed by atoms with E-state index in [4.69, 9.17) is 0 Å². The zero-order valence-electron chi connectivity index (χ0n) is 16.7. The molecule has 1 aliphatic heterocycles. The maximum atomic E-state index is 13.2. The second-order valence-corrected chi connectivity index (χ2v) is 14.9. The Morgan fingerprint density at radius 3 is 1.19 bits per heavy atom. The maximum absolute atomic E-state index is 13.2. The molecular formula is C12H12F18N3P3. The van der Waals surface area contributed by atoms with Gasteiger partial charge in [0.05, 0.1) is 40.1 Å². The second-order valence-electron chi connectivity index (χ2n) is 7.10. The molecule has 0 aliphatic carbocycles. The Balaban J connectivity index is 4.12. The van der Waals surface area contributed by atoms with Gasteiger partial charge in [-0.15, -0.1) is 0 Å². The molecule has 2 unspecified atom stereocenters. The molecule has 0 aromatic carbocycles. The molecule has 0 N–H and O–H groups in total. The molecule has 24 heteroatoms. The molecule has 2 atom stereocenters. The summed E-state index contributed by atoms with van der Waals surface area (Å²) in [4.78, 5) is 0. The van der Waals surface area contributed by atoms with Gasteiger partial charge in [-0.1, -0.05) is 0 Å². The number of hydrogen-bond acceptors (Lipinski definition) is 3. The van der Waals surface area contributed by atoms with E-state index in [0.717, 1.165) is 0 Å². The van der Waals surface area contributed by atoms with E-state index in [1.165, 1.54) is 0 Å². The van der Waals surface area contributed by atoms with Crippen LogP contribution in [0.4, 0.5) is 79.0 Å². The summed E-state index contributed by atoms with van der Waals surface area (Å²) >= 11 is 0. The summed E-state index contributed by atoms with van der Waals surface area (Å²) in [5.74, 6) is 0. The number of hydrogen-bond donors (Lipinski definition) is 0. The van der Waals surface area contributed by atoms with Crippen molar-refractivity contribution in [3.05, 3.63) is 0 Å². The van der Waals surface area contributed by atoms with Crippen molar-refractivity contribution in [3.8, 4) is 0 Å². The third kappa shape index (κ3) is 12.1. The van der Waals surface area contributed by atoms with Crippen LogP contribution < -0.4 is 0 Å². The summed E-state index contributed by atoms with van der Waals surface area (Å²) in [6.45, 7) is -5.78. The van der Waals surface area contributed by atoms with Crippen molar-refractivity contribution in [1.82, 2.24) is 8.88 Å². The fraction of sp³-hybridized carbons (Fsp3) is 1.00. The van der Waals surface area contributed by atoms with Crippen molar-refractivity contribution in [2.45, 2.75) is 37.1 Å². The van der Waals surface area contributed by atoms with E-state index in [9.17, 15) is 79.0 Å². The molecule has 36 heavy (non-hydrogen) atoms. The van der Waals surface area contributed by atoms with Crippen LogP contribution in [-0.2, 0) is 0 Å². The standard InChI is InChI=1S/C12H12F18N3P3/c13-7(14,15)1-32-34(3-9(19,20)21)31-36(5-11(25,26)27,6-12(28,29)30)33(2-8(16,17)18)35(32)4-10(22,23)24/h1-6H2. The molecule has 1 heterocycles. The summed E-state index contributed by atoms with van der Waals surface area (Å²) in [6.07, 6.45) is -46.3. The lowest BCUT2D eigenvalue weighted by atomic mass is 10.7. The van der Waals surface area contributed by atoms with Gasteiger partial charge in [-0.05, 0) is 0 Å². The minimum Gasteiger partial charge on any atom is -0.247 e. The lowest BCUT2D eigenvalue weighted by Gasteiger charge is -2.52. The van der Waals surface area contributed by atoms with Crippen LogP contribution in [0, 0.1) is 0 Å². The van der Waals surface area contributed by atoms with Crippen LogP contribution in [0.1, 0.15) is 0 Å². The summed E-state index contributed by atoms with van der Waals surface area (Å²) < 4.78 is 237. The molecule has 3 nitrogen and oxygen atoms in total. The minimum absolute atomic E-state index is 0.817. The second kappa shape index (κ2) is 10.7. The summed E-state index contributed by atoms with van der Waals surface area (Å²) in [6, 6.07) is 0. The predicted octanol–water partition coefficient (Wildman–Crippen LogP) is 8.72. The number of nitrogens with zero attached hydrogens (tertiary/aromatic N) is 3. The van der Waals surface area contributed by atoms with E-state index in [2.05, 4.69) is 4.52 Å². The molecule has 1 rings (SSSR count). The normalized spacial score (nSPS) is 23.6. The topological polar surface area (TPSA) is 18.8 Å². The monoisotopic (exact) mass is 633 g/mol. The Morgan fingerprint density at radius 2 is 0.889 bits per heavy atom. The van der Waals surface area contributed by atoms with E-state index in [1.54, 1.807) is 0 Å². The Labute approximate surface area is 192 Å². The fourth-order valence-corrected chi connectivity index (χ4v) is 15.1. The highest BCUT2D eigenvalue weighted by molar-refractivity contribution is 7.84. The molecule has 0 amide bonds. The Morgan fingerprint density at radius 1 is 0.500 bits per heavy atom. The van der Waals surface area contributed by atoms with Crippen LogP contribution in [0.15, 0.2) is 4.52 Å². The maximum Gasteiger partial charge on any atom is 0.402 e. The first-order valence-corrected chi connectivity index (χ1v) is 13.6. The first-order chi connectivity index (χ1) is 15.5. The Kier molecular flexibility index (Phi) is 10.1. The van der Waals surface area contributed by atoms with Gasteiger partial charge in [0.25, 0.3) is 0 Å². The van der Waals surface area contributed by atoms with Gasteiger partial charge in [0, 0.05) is 0 Å². The van der Waals surface area contributed by atoms with Gasteiger partial charge < -0.3 is 0 Å². The summed E-state index contributed by atoms with van der Waals surface area (Å²) in [7, 11) is -14.9. The highest BCUT2D eigenvalue weighted by Gasteiger charge is 2.59. The molecule has 1 aliphatic rings. The molecular weight excluding hydrogens is 621 g/mol. The number of rotatable bonds is 6. The highest BCUT2D eigenvalue weighted by Crippen LogP contribution is 2.80. The van der Waals surface area contributed by atoms with E-state index in [0.29, 0.717) is 0 Å². The summed E-state index contributed by atoms with van der Waals surface area (Å²) in [5, 5.41) is 0. The van der Waals surface area contributed by atoms with Crippen LogP contribution >= 0.6 is 23.7 Å². The summed E-state index contributed by atoms with van der Waals surface area (Å²) in [5.41, 5.74) is 0. The van der Waals surface area contributed by atoms with E-state index >= 15 is 0 Å². The van der Waals surface area contributed by atoms with Crippen LogP contribution in [0.5, 0.6) is 0 Å². The van der Waals surface area contributed by atoms with E-state index < -0.39 is 107 Å². The quantitative estimate of drug-likeness (QED) is 0.215. The zero-order valence-corrected chi connectivity index (χ0v) is 19.4. The van der Waals surface area contributed by atoms with Gasteiger partial charge in [0.1, 0.15) is 21.3 Å². The molecule has 0 bridgehead atoms. The van der Waals surface area contributed by atoms with Crippen molar-refractivity contribution in [1.29, 1.82) is 0 Å². The van der Waals surface area contributed by atoms with Gasteiger partial charge in [0.15, 0.2) is 0 Å². The third-order valence-corrected chi connectivity index (χ3v) is 14.7. The van der Waals surface area contributed by atoms with Gasteiger partial charge >= 0.3 is 37.1 Å². The third-order valence-electron chi connectivity index (χ3n) is 3.65. The molecule has 0 aromatic rings. The Bertz CT molecular complexity index is 771. The molecule has 0 saturated carbocycles. The van der Waals surface area contributed by atoms with Gasteiger partial charge in [0.2, 0.25) is 0 Å². The van der Waals surface area contributed by atoms with Crippen molar-refractivity contribution in [3.63, 3.8) is 0 Å². The molecule has 216 valence electrons. The van der Waals surface area contributed by atoms with Crippen LogP contribution in [0.25, 0.3) is 0 Å². The average molecular weight is 633 g/mol. The molecule has 0 radical (unpaired) electrons. The van der Waals surface area contributed by atoms with Crippen LogP contribution in [0.3, 0.4) is 0 Å². The van der Waals surface area contributed by atoms with Crippen LogP contribution in [0.2, 0.25) is 0 Å². The highest BCUT2D eigenvalue weighted by atomic mass is 31.3. The zero-order chi connectivity index (χ0) is 28.8. The van der Waals surface area contributed by atoms with Crippen LogP contribution in [-0.4, -0.2) is 83.7 Å². The molecule has 0 fully saturated rings. The molecule has 0 spiro atoms. The van der Waals surface area contributed by atoms with Crippen molar-refractivity contribution in [2.75, 3.05) is 37.7 Å². The first-order valence-electron chi connectivity index (χ1n) is 8.62. The van der Waals surface area contributed by atoms with Crippen molar-refractivity contribution in [2.24, 2.45) is 4.52 Å².